The van der Waals surface area contributed by atoms with Crippen molar-refractivity contribution in [2.45, 2.75) is 38.4 Å². The second-order valence-corrected chi connectivity index (χ2v) is 4.60. The monoisotopic (exact) mass is 204 g/mol. The van der Waals surface area contributed by atoms with Gasteiger partial charge in [-0.05, 0) is 25.3 Å². The first-order valence-corrected chi connectivity index (χ1v) is 5.79. The van der Waals surface area contributed by atoms with Crippen LogP contribution in [-0.2, 0) is 6.54 Å². The van der Waals surface area contributed by atoms with Crippen LogP contribution in [0.4, 0.5) is 0 Å². The fourth-order valence-corrected chi connectivity index (χ4v) is 2.25. The molecule has 0 unspecified atom stereocenters. The van der Waals surface area contributed by atoms with Gasteiger partial charge in [-0.3, -0.25) is 4.90 Å². The molecule has 0 saturated carbocycles. The second-order valence-electron chi connectivity index (χ2n) is 4.60. The number of nitrogens with two attached hydrogens (primary N) is 1. The van der Waals surface area contributed by atoms with Crippen LogP contribution >= 0.6 is 0 Å². The second kappa shape index (κ2) is 4.77. The van der Waals surface area contributed by atoms with E-state index in [-0.39, 0.29) is 0 Å². The molecule has 0 spiro atoms. The molecule has 1 saturated heterocycles. The summed E-state index contributed by atoms with van der Waals surface area (Å²) in [5.41, 5.74) is 7.39. The maximum atomic E-state index is 6.00. The van der Waals surface area contributed by atoms with Crippen molar-refractivity contribution in [3.63, 3.8) is 0 Å². The van der Waals surface area contributed by atoms with Crippen LogP contribution in [0.1, 0.15) is 25.3 Å². The third-order valence-electron chi connectivity index (χ3n) is 3.28. The van der Waals surface area contributed by atoms with Crippen molar-refractivity contribution in [2.75, 3.05) is 6.54 Å². The van der Waals surface area contributed by atoms with Gasteiger partial charge in [0.2, 0.25) is 0 Å². The van der Waals surface area contributed by atoms with Gasteiger partial charge in [-0.1, -0.05) is 30.3 Å². The molecule has 1 aliphatic heterocycles. The van der Waals surface area contributed by atoms with Crippen LogP contribution in [0, 0.1) is 0 Å². The summed E-state index contributed by atoms with van der Waals surface area (Å²) in [5.74, 6) is 0. The summed E-state index contributed by atoms with van der Waals surface area (Å²) < 4.78 is 0. The largest absolute Gasteiger partial charge is 0.327 e. The summed E-state index contributed by atoms with van der Waals surface area (Å²) >= 11 is 0. The fourth-order valence-electron chi connectivity index (χ4n) is 2.25. The minimum absolute atomic E-state index is 0.366. The summed E-state index contributed by atoms with van der Waals surface area (Å²) in [7, 11) is 0. The zero-order valence-electron chi connectivity index (χ0n) is 9.39. The molecule has 0 aromatic heterocycles. The quantitative estimate of drug-likeness (QED) is 0.798. The zero-order chi connectivity index (χ0) is 10.7. The zero-order valence-corrected chi connectivity index (χ0v) is 9.39. The molecule has 1 aromatic carbocycles. The highest BCUT2D eigenvalue weighted by atomic mass is 15.2. The van der Waals surface area contributed by atoms with Gasteiger partial charge in [0.05, 0.1) is 0 Å². The van der Waals surface area contributed by atoms with Crippen LogP contribution in [-0.4, -0.2) is 23.5 Å². The van der Waals surface area contributed by atoms with E-state index in [1.807, 2.05) is 0 Å². The van der Waals surface area contributed by atoms with Gasteiger partial charge in [0, 0.05) is 25.2 Å². The Morgan fingerprint density at radius 2 is 2.00 bits per heavy atom. The van der Waals surface area contributed by atoms with E-state index in [9.17, 15) is 0 Å². The van der Waals surface area contributed by atoms with Crippen molar-refractivity contribution >= 4 is 0 Å². The van der Waals surface area contributed by atoms with Gasteiger partial charge in [-0.2, -0.15) is 0 Å². The molecule has 82 valence electrons. The van der Waals surface area contributed by atoms with E-state index < -0.39 is 0 Å². The lowest BCUT2D eigenvalue weighted by molar-refractivity contribution is 0.138. The van der Waals surface area contributed by atoms with Crippen LogP contribution in [0.3, 0.4) is 0 Å². The Kier molecular flexibility index (Phi) is 3.39. The van der Waals surface area contributed by atoms with Gasteiger partial charge in [0.15, 0.2) is 0 Å². The normalized spacial score (nSPS) is 27.9. The summed E-state index contributed by atoms with van der Waals surface area (Å²) in [4.78, 5) is 2.49. The molecule has 1 heterocycles. The van der Waals surface area contributed by atoms with E-state index in [0.717, 1.165) is 13.1 Å². The maximum Gasteiger partial charge on any atom is 0.0237 e. The van der Waals surface area contributed by atoms with Crippen LogP contribution in [0.15, 0.2) is 30.3 Å². The Hall–Kier alpha value is -0.860. The Morgan fingerprint density at radius 1 is 1.27 bits per heavy atom. The summed E-state index contributed by atoms with van der Waals surface area (Å²) in [6, 6.07) is 11.7. The summed E-state index contributed by atoms with van der Waals surface area (Å²) in [6.07, 6.45) is 2.40. The highest BCUT2D eigenvalue weighted by Crippen LogP contribution is 2.18. The van der Waals surface area contributed by atoms with Gasteiger partial charge in [-0.25, -0.2) is 0 Å². The molecule has 1 aromatic rings. The van der Waals surface area contributed by atoms with Crippen LogP contribution in [0.25, 0.3) is 0 Å². The first-order valence-electron chi connectivity index (χ1n) is 5.79. The lowest BCUT2D eigenvalue weighted by Crippen LogP contribution is -2.46. The third kappa shape index (κ3) is 2.80. The molecule has 1 aliphatic rings. The smallest absolute Gasteiger partial charge is 0.0237 e. The lowest BCUT2D eigenvalue weighted by atomic mass is 9.99. The van der Waals surface area contributed by atoms with E-state index in [1.165, 1.54) is 18.4 Å². The Bertz CT molecular complexity index is 297. The van der Waals surface area contributed by atoms with Crippen molar-refractivity contribution < 1.29 is 0 Å². The van der Waals surface area contributed by atoms with Crippen LogP contribution in [0.2, 0.25) is 0 Å². The van der Waals surface area contributed by atoms with Crippen molar-refractivity contribution in [2.24, 2.45) is 5.73 Å². The topological polar surface area (TPSA) is 29.3 Å². The number of piperidine rings is 1. The molecule has 2 N–H and O–H groups in total. The first-order chi connectivity index (χ1) is 7.25. The standard InChI is InChI=1S/C13H20N2/c1-11-7-8-13(14)10-15(11)9-12-5-3-2-4-6-12/h2-6,11,13H,7-10,14H2,1H3/t11-,13-/m1/s1. The predicted octanol–water partition coefficient (Wildman–Crippen LogP) is 2.00. The molecule has 0 amide bonds. The molecular formula is C13H20N2. The van der Waals surface area contributed by atoms with Gasteiger partial charge in [-0.15, -0.1) is 0 Å². The van der Waals surface area contributed by atoms with Crippen molar-refractivity contribution in [1.29, 1.82) is 0 Å². The molecular weight excluding hydrogens is 184 g/mol. The van der Waals surface area contributed by atoms with E-state index in [0.29, 0.717) is 12.1 Å². The minimum atomic E-state index is 0.366. The molecule has 0 radical (unpaired) electrons. The Morgan fingerprint density at radius 3 is 2.73 bits per heavy atom. The summed E-state index contributed by atoms with van der Waals surface area (Å²) in [5, 5.41) is 0. The van der Waals surface area contributed by atoms with E-state index in [4.69, 9.17) is 5.73 Å². The van der Waals surface area contributed by atoms with E-state index in [1.54, 1.807) is 0 Å². The predicted molar refractivity (Wildman–Crippen MR) is 63.5 cm³/mol. The number of likely N-dealkylation sites (tertiary alicyclic amines) is 1. The molecule has 1 fully saturated rings. The molecule has 15 heavy (non-hydrogen) atoms. The number of rotatable bonds is 2. The van der Waals surface area contributed by atoms with E-state index >= 15 is 0 Å². The highest BCUT2D eigenvalue weighted by molar-refractivity contribution is 5.14. The van der Waals surface area contributed by atoms with E-state index in [2.05, 4.69) is 42.2 Å². The Balaban J connectivity index is 1.98. The highest BCUT2D eigenvalue weighted by Gasteiger charge is 2.22. The average molecular weight is 204 g/mol. The number of benzene rings is 1. The van der Waals surface area contributed by atoms with Gasteiger partial charge < -0.3 is 5.73 Å². The van der Waals surface area contributed by atoms with Crippen molar-refractivity contribution in [3.05, 3.63) is 35.9 Å². The first kappa shape index (κ1) is 10.7. The van der Waals surface area contributed by atoms with Crippen LogP contribution < -0.4 is 5.73 Å². The van der Waals surface area contributed by atoms with Gasteiger partial charge in [0.25, 0.3) is 0 Å². The molecule has 2 rings (SSSR count). The number of hydrogen-bond acceptors (Lipinski definition) is 2. The van der Waals surface area contributed by atoms with Gasteiger partial charge in [0.1, 0.15) is 0 Å². The third-order valence-corrected chi connectivity index (χ3v) is 3.28. The number of nitrogens with zero attached hydrogens (tertiary/aromatic N) is 1. The van der Waals surface area contributed by atoms with Gasteiger partial charge >= 0.3 is 0 Å². The van der Waals surface area contributed by atoms with Crippen molar-refractivity contribution in [3.8, 4) is 0 Å². The van der Waals surface area contributed by atoms with Crippen molar-refractivity contribution in [1.82, 2.24) is 4.90 Å². The molecule has 2 heteroatoms. The maximum absolute atomic E-state index is 6.00. The SMILES string of the molecule is C[C@@H]1CC[C@@H](N)CN1Cc1ccccc1. The minimum Gasteiger partial charge on any atom is -0.327 e. The molecule has 0 aliphatic carbocycles. The average Bonchev–Trinajstić information content (AvgIpc) is 2.25. The Labute approximate surface area is 92.1 Å². The lowest BCUT2D eigenvalue weighted by Gasteiger charge is -2.36. The number of hydrogen-bond donors (Lipinski definition) is 1. The molecule has 0 bridgehead atoms. The molecule has 2 atom stereocenters. The fraction of sp³-hybridized carbons (Fsp3) is 0.538. The van der Waals surface area contributed by atoms with Crippen LogP contribution in [0.5, 0.6) is 0 Å². The summed E-state index contributed by atoms with van der Waals surface area (Å²) in [6.45, 7) is 4.38. The molecule has 2 nitrogen and oxygen atoms in total.